The summed E-state index contributed by atoms with van der Waals surface area (Å²) in [4.78, 5) is 15.3. The van der Waals surface area contributed by atoms with E-state index in [1.54, 1.807) is 18.3 Å². The summed E-state index contributed by atoms with van der Waals surface area (Å²) in [6.07, 6.45) is 9.76. The Hall–Kier alpha value is -2.45. The fraction of sp³-hybridized carbons (Fsp3) is 0.478. The number of aliphatic carboxylic acids is 1. The number of hydrogen-bond donors (Lipinski definition) is 2. The largest absolute Gasteiger partial charge is 0.497 e. The van der Waals surface area contributed by atoms with Crippen LogP contribution >= 0.6 is 0 Å². The number of pyridine rings is 1. The zero-order valence-electron chi connectivity index (χ0n) is 18.0. The van der Waals surface area contributed by atoms with Crippen molar-refractivity contribution in [2.75, 3.05) is 13.7 Å². The van der Waals surface area contributed by atoms with Crippen molar-refractivity contribution in [3.8, 4) is 5.75 Å². The van der Waals surface area contributed by atoms with Gasteiger partial charge in [-0.3, -0.25) is 9.78 Å². The van der Waals surface area contributed by atoms with Crippen LogP contribution in [0.1, 0.15) is 50.5 Å². The number of rotatable bonds is 15. The topological polar surface area (TPSA) is 106 Å². The number of carboxylic acids is 1. The van der Waals surface area contributed by atoms with Gasteiger partial charge < -0.3 is 9.84 Å². The van der Waals surface area contributed by atoms with E-state index in [1.807, 2.05) is 18.3 Å². The summed E-state index contributed by atoms with van der Waals surface area (Å²) < 4.78 is 32.4. The molecule has 2 N–H and O–H groups in total. The van der Waals surface area contributed by atoms with Gasteiger partial charge in [-0.25, -0.2) is 13.1 Å². The third-order valence-electron chi connectivity index (χ3n) is 5.27. The molecule has 0 saturated carbocycles. The zero-order chi connectivity index (χ0) is 22.5. The Labute approximate surface area is 184 Å². The average molecular weight is 449 g/mol. The highest BCUT2D eigenvalue weighted by Crippen LogP contribution is 2.22. The molecule has 0 aliphatic rings. The monoisotopic (exact) mass is 448 g/mol. The average Bonchev–Trinajstić information content (AvgIpc) is 2.77. The predicted molar refractivity (Wildman–Crippen MR) is 120 cm³/mol. The SMILES string of the molecule is COc1ccc(S(=O)(=O)NCCCCC(CCCc2cccnc2)CCC(=O)O)cc1. The van der Waals surface area contributed by atoms with E-state index >= 15 is 0 Å². The lowest BCUT2D eigenvalue weighted by Crippen LogP contribution is -2.24. The molecule has 0 amide bonds. The van der Waals surface area contributed by atoms with Gasteiger partial charge in [-0.1, -0.05) is 25.3 Å². The molecule has 1 atom stereocenters. The van der Waals surface area contributed by atoms with Crippen LogP contribution in [0.4, 0.5) is 0 Å². The number of methoxy groups -OCH3 is 1. The summed E-state index contributed by atoms with van der Waals surface area (Å²) >= 11 is 0. The van der Waals surface area contributed by atoms with Gasteiger partial charge >= 0.3 is 5.97 Å². The highest BCUT2D eigenvalue weighted by atomic mass is 32.2. The maximum absolute atomic E-state index is 12.4. The van der Waals surface area contributed by atoms with Crippen molar-refractivity contribution in [2.45, 2.75) is 56.3 Å². The standard InChI is InChI=1S/C23H32N2O5S/c1-30-21-11-13-22(14-12-21)31(28,29)25-17-3-2-6-19(10-15-23(26)27)7-4-8-20-9-5-16-24-18-20/h5,9,11-14,16,18-19,25H,2-4,6-8,10,15,17H2,1H3,(H,26,27). The first-order valence-corrected chi connectivity index (χ1v) is 12.1. The molecule has 0 spiro atoms. The van der Waals surface area contributed by atoms with Gasteiger partial charge in [0.15, 0.2) is 0 Å². The molecule has 0 aliphatic heterocycles. The number of sulfonamides is 1. The van der Waals surface area contributed by atoms with Crippen LogP contribution in [0.15, 0.2) is 53.7 Å². The molecule has 1 heterocycles. The zero-order valence-corrected chi connectivity index (χ0v) is 18.8. The minimum Gasteiger partial charge on any atom is -0.497 e. The fourth-order valence-electron chi connectivity index (χ4n) is 3.50. The van der Waals surface area contributed by atoms with Crippen LogP contribution in [0.25, 0.3) is 0 Å². The first-order chi connectivity index (χ1) is 14.9. The van der Waals surface area contributed by atoms with Gasteiger partial charge in [-0.2, -0.15) is 0 Å². The van der Waals surface area contributed by atoms with Crippen molar-refractivity contribution in [1.29, 1.82) is 0 Å². The molecule has 0 aliphatic carbocycles. The second-order valence-electron chi connectivity index (χ2n) is 7.62. The Morgan fingerprint density at radius 3 is 2.48 bits per heavy atom. The summed E-state index contributed by atoms with van der Waals surface area (Å²) in [5, 5.41) is 9.01. The molecule has 0 radical (unpaired) electrons. The Balaban J connectivity index is 1.73. The van der Waals surface area contributed by atoms with Gasteiger partial charge in [-0.05, 0) is 67.5 Å². The minimum atomic E-state index is -3.54. The maximum Gasteiger partial charge on any atom is 0.303 e. The molecule has 7 nitrogen and oxygen atoms in total. The van der Waals surface area contributed by atoms with Crippen LogP contribution in [0, 0.1) is 5.92 Å². The lowest BCUT2D eigenvalue weighted by molar-refractivity contribution is -0.137. The minimum absolute atomic E-state index is 0.168. The van der Waals surface area contributed by atoms with Crippen LogP contribution in [0.3, 0.4) is 0 Å². The summed E-state index contributed by atoms with van der Waals surface area (Å²) in [6.45, 7) is 0.357. The summed E-state index contributed by atoms with van der Waals surface area (Å²) in [6, 6.07) is 10.2. The number of unbranched alkanes of at least 4 members (excludes halogenated alkanes) is 1. The molecule has 2 rings (SSSR count). The molecule has 1 aromatic heterocycles. The van der Waals surface area contributed by atoms with E-state index in [0.29, 0.717) is 31.1 Å². The number of hydrogen-bond acceptors (Lipinski definition) is 5. The molecule has 8 heteroatoms. The predicted octanol–water partition coefficient (Wildman–Crippen LogP) is 4.04. The molecule has 0 fully saturated rings. The molecule has 31 heavy (non-hydrogen) atoms. The first kappa shape index (κ1) is 24.8. The maximum atomic E-state index is 12.4. The number of nitrogens with zero attached hydrogens (tertiary/aromatic N) is 1. The molecule has 1 aromatic carbocycles. The van der Waals surface area contributed by atoms with Gasteiger partial charge in [0.05, 0.1) is 12.0 Å². The van der Waals surface area contributed by atoms with Crippen molar-refractivity contribution >= 4 is 16.0 Å². The van der Waals surface area contributed by atoms with E-state index in [9.17, 15) is 13.2 Å². The highest BCUT2D eigenvalue weighted by molar-refractivity contribution is 7.89. The van der Waals surface area contributed by atoms with Gasteiger partial charge in [0.25, 0.3) is 0 Å². The van der Waals surface area contributed by atoms with E-state index in [-0.39, 0.29) is 11.3 Å². The van der Waals surface area contributed by atoms with E-state index in [0.717, 1.165) is 32.1 Å². The number of carboxylic acid groups (broad SMARTS) is 1. The second kappa shape index (κ2) is 13.1. The Bertz CT molecular complexity index is 886. The molecule has 0 saturated heterocycles. The number of aryl methyl sites for hydroxylation is 1. The number of aromatic nitrogens is 1. The number of carbonyl (C=O) groups is 1. The third kappa shape index (κ3) is 9.48. The van der Waals surface area contributed by atoms with E-state index in [2.05, 4.69) is 9.71 Å². The van der Waals surface area contributed by atoms with Gasteiger partial charge in [0.2, 0.25) is 10.0 Å². The Morgan fingerprint density at radius 2 is 1.84 bits per heavy atom. The van der Waals surface area contributed by atoms with Crippen molar-refractivity contribution < 1.29 is 23.1 Å². The third-order valence-corrected chi connectivity index (χ3v) is 6.74. The molecular formula is C23H32N2O5S. The summed E-state index contributed by atoms with van der Waals surface area (Å²) in [5.74, 6) is 0.158. The van der Waals surface area contributed by atoms with Crippen LogP contribution < -0.4 is 9.46 Å². The van der Waals surface area contributed by atoms with Gasteiger partial charge in [-0.15, -0.1) is 0 Å². The lowest BCUT2D eigenvalue weighted by atomic mass is 9.91. The van der Waals surface area contributed by atoms with Crippen LogP contribution in [-0.4, -0.2) is 38.1 Å². The number of nitrogens with one attached hydrogen (secondary N) is 1. The quantitative estimate of drug-likeness (QED) is 0.398. The van der Waals surface area contributed by atoms with Crippen molar-refractivity contribution in [3.63, 3.8) is 0 Å². The fourth-order valence-corrected chi connectivity index (χ4v) is 4.58. The number of benzene rings is 1. The lowest BCUT2D eigenvalue weighted by Gasteiger charge is -2.16. The van der Waals surface area contributed by atoms with Crippen molar-refractivity contribution in [3.05, 3.63) is 54.4 Å². The van der Waals surface area contributed by atoms with Crippen LogP contribution in [0.2, 0.25) is 0 Å². The smallest absolute Gasteiger partial charge is 0.303 e. The van der Waals surface area contributed by atoms with E-state index in [4.69, 9.17) is 9.84 Å². The Morgan fingerprint density at radius 1 is 1.10 bits per heavy atom. The summed E-state index contributed by atoms with van der Waals surface area (Å²) in [5.41, 5.74) is 1.19. The molecule has 0 bridgehead atoms. The second-order valence-corrected chi connectivity index (χ2v) is 9.39. The van der Waals surface area contributed by atoms with E-state index in [1.165, 1.54) is 24.8 Å². The first-order valence-electron chi connectivity index (χ1n) is 10.6. The molecule has 1 unspecified atom stereocenters. The number of ether oxygens (including phenoxy) is 1. The van der Waals surface area contributed by atoms with Crippen LogP contribution in [-0.2, 0) is 21.2 Å². The van der Waals surface area contributed by atoms with Crippen molar-refractivity contribution in [2.24, 2.45) is 5.92 Å². The van der Waals surface area contributed by atoms with Gasteiger partial charge in [0.1, 0.15) is 5.75 Å². The molecule has 170 valence electrons. The summed E-state index contributed by atoms with van der Waals surface area (Å²) in [7, 11) is -2.01. The molecular weight excluding hydrogens is 416 g/mol. The molecule has 2 aromatic rings. The highest BCUT2D eigenvalue weighted by Gasteiger charge is 2.14. The van der Waals surface area contributed by atoms with Crippen molar-refractivity contribution in [1.82, 2.24) is 9.71 Å². The van der Waals surface area contributed by atoms with Gasteiger partial charge in [0, 0.05) is 25.4 Å². The normalized spacial score (nSPS) is 12.4. The van der Waals surface area contributed by atoms with Crippen LogP contribution in [0.5, 0.6) is 5.75 Å². The Kier molecular flexibility index (Phi) is 10.5. The van der Waals surface area contributed by atoms with E-state index < -0.39 is 16.0 Å².